The number of fused-ring (bicyclic) bond motifs is 1. The van der Waals surface area contributed by atoms with Crippen LogP contribution in [0.25, 0.3) is 11.2 Å². The minimum Gasteiger partial charge on any atom is -1.00 e. The smallest absolute Gasteiger partial charge is 0.161 e. The van der Waals surface area contributed by atoms with Crippen molar-refractivity contribution in [3.63, 3.8) is 0 Å². The molecule has 0 aromatic carbocycles. The first-order chi connectivity index (χ1) is 8.24. The predicted octanol–water partition coefficient (Wildman–Crippen LogP) is -1.99. The van der Waals surface area contributed by atoms with Crippen molar-refractivity contribution in [1.82, 2.24) is 14.5 Å². The van der Waals surface area contributed by atoms with Crippen molar-refractivity contribution in [3.05, 3.63) is 23.6 Å². The summed E-state index contributed by atoms with van der Waals surface area (Å²) in [6, 6.07) is 3.68. The molecule has 1 N–H and O–H groups in total. The van der Waals surface area contributed by atoms with Crippen LogP contribution in [-0.2, 0) is 6.54 Å². The number of pyridine rings is 1. The largest absolute Gasteiger partial charge is 1.00 e. The minimum absolute atomic E-state index is 0. The first-order valence-electron chi connectivity index (χ1n) is 6.05. The number of likely N-dealkylation sites (N-methyl/N-ethyl adjacent to an activating group) is 1. The number of halogens is 2. The molecule has 2 aromatic heterocycles. The van der Waals surface area contributed by atoms with Crippen LogP contribution in [0.3, 0.4) is 0 Å². The molecule has 0 aliphatic rings. The predicted molar refractivity (Wildman–Crippen MR) is 69.4 cm³/mol. The molecule has 0 bridgehead atoms. The minimum atomic E-state index is 0. The maximum atomic E-state index is 5.91. The average Bonchev–Trinajstić information content (AvgIpc) is 2.73. The summed E-state index contributed by atoms with van der Waals surface area (Å²) in [5.74, 6) is 0. The lowest BCUT2D eigenvalue weighted by molar-refractivity contribution is -0.897. The van der Waals surface area contributed by atoms with E-state index in [2.05, 4.69) is 28.4 Å². The molecule has 0 fully saturated rings. The molecule has 4 nitrogen and oxygen atoms in total. The van der Waals surface area contributed by atoms with Crippen LogP contribution >= 0.6 is 11.6 Å². The highest BCUT2D eigenvalue weighted by molar-refractivity contribution is 6.29. The van der Waals surface area contributed by atoms with Gasteiger partial charge >= 0.3 is 0 Å². The molecule has 2 rings (SSSR count). The van der Waals surface area contributed by atoms with Crippen molar-refractivity contribution in [2.45, 2.75) is 20.4 Å². The van der Waals surface area contributed by atoms with E-state index in [0.29, 0.717) is 5.15 Å². The topological polar surface area (TPSA) is 35.2 Å². The summed E-state index contributed by atoms with van der Waals surface area (Å²) < 4.78 is 2.08. The van der Waals surface area contributed by atoms with Crippen molar-refractivity contribution < 1.29 is 17.3 Å². The monoisotopic (exact) mass is 288 g/mol. The number of aromatic nitrogens is 3. The third kappa shape index (κ3) is 3.34. The van der Waals surface area contributed by atoms with Gasteiger partial charge in [-0.2, -0.15) is 0 Å². The summed E-state index contributed by atoms with van der Waals surface area (Å²) in [5, 5.41) is 0.523. The van der Waals surface area contributed by atoms with E-state index >= 15 is 0 Å². The molecule has 18 heavy (non-hydrogen) atoms. The zero-order chi connectivity index (χ0) is 12.3. The molecule has 0 radical (unpaired) electrons. The Hall–Kier alpha value is -0.840. The first-order valence-corrected chi connectivity index (χ1v) is 6.43. The number of rotatable bonds is 5. The van der Waals surface area contributed by atoms with E-state index in [-0.39, 0.29) is 12.4 Å². The molecular formula is C12H18Cl2N4. The van der Waals surface area contributed by atoms with Gasteiger partial charge in [-0.3, -0.25) is 0 Å². The van der Waals surface area contributed by atoms with Crippen LogP contribution in [0.2, 0.25) is 5.15 Å². The molecule has 0 saturated carbocycles. The summed E-state index contributed by atoms with van der Waals surface area (Å²) >= 11 is 5.91. The van der Waals surface area contributed by atoms with Gasteiger partial charge < -0.3 is 21.9 Å². The Balaban J connectivity index is 0.00000162. The SMILES string of the molecule is CC[NH+](CC)CCn1cnc2ccc(Cl)nc21.[Cl-]. The summed E-state index contributed by atoms with van der Waals surface area (Å²) in [6.45, 7) is 8.74. The zero-order valence-corrected chi connectivity index (χ0v) is 12.2. The van der Waals surface area contributed by atoms with Crippen molar-refractivity contribution in [2.75, 3.05) is 19.6 Å². The molecule has 0 aliphatic carbocycles. The van der Waals surface area contributed by atoms with E-state index in [0.717, 1.165) is 37.3 Å². The van der Waals surface area contributed by atoms with E-state index < -0.39 is 0 Å². The van der Waals surface area contributed by atoms with E-state index in [9.17, 15) is 0 Å². The summed E-state index contributed by atoms with van der Waals surface area (Å²) in [5.41, 5.74) is 1.79. The second kappa shape index (κ2) is 6.92. The van der Waals surface area contributed by atoms with Crippen molar-refractivity contribution in [2.24, 2.45) is 0 Å². The Morgan fingerprint density at radius 2 is 2.00 bits per heavy atom. The Bertz CT molecular complexity index is 494. The van der Waals surface area contributed by atoms with Gasteiger partial charge in [0.15, 0.2) is 5.65 Å². The number of nitrogens with one attached hydrogen (secondary N) is 1. The van der Waals surface area contributed by atoms with Crippen LogP contribution in [0.15, 0.2) is 18.5 Å². The lowest BCUT2D eigenvalue weighted by atomic mass is 10.4. The van der Waals surface area contributed by atoms with Gasteiger partial charge in [0.1, 0.15) is 10.7 Å². The molecule has 2 heterocycles. The van der Waals surface area contributed by atoms with Crippen LogP contribution in [0.1, 0.15) is 13.8 Å². The van der Waals surface area contributed by atoms with E-state index in [1.807, 2.05) is 12.4 Å². The third-order valence-corrected chi connectivity index (χ3v) is 3.35. The molecule has 0 spiro atoms. The number of hydrogen-bond acceptors (Lipinski definition) is 2. The first kappa shape index (κ1) is 15.2. The molecule has 100 valence electrons. The third-order valence-electron chi connectivity index (χ3n) is 3.14. The Morgan fingerprint density at radius 1 is 1.28 bits per heavy atom. The van der Waals surface area contributed by atoms with Crippen LogP contribution < -0.4 is 17.3 Å². The van der Waals surface area contributed by atoms with Gasteiger partial charge in [0.25, 0.3) is 0 Å². The fourth-order valence-electron chi connectivity index (χ4n) is 1.96. The second-order valence-electron chi connectivity index (χ2n) is 4.12. The lowest BCUT2D eigenvalue weighted by Gasteiger charge is -2.15. The summed E-state index contributed by atoms with van der Waals surface area (Å²) in [7, 11) is 0. The molecule has 2 aromatic rings. The van der Waals surface area contributed by atoms with Crippen LogP contribution in [-0.4, -0.2) is 34.2 Å². The number of nitrogens with zero attached hydrogens (tertiary/aromatic N) is 3. The highest BCUT2D eigenvalue weighted by Gasteiger charge is 2.07. The zero-order valence-electron chi connectivity index (χ0n) is 10.7. The molecule has 0 saturated heterocycles. The molecular weight excluding hydrogens is 271 g/mol. The Kier molecular flexibility index (Phi) is 5.85. The van der Waals surface area contributed by atoms with E-state index in [1.54, 1.807) is 11.0 Å². The van der Waals surface area contributed by atoms with Crippen LogP contribution in [0, 0.1) is 0 Å². The number of imidazole rings is 1. The van der Waals surface area contributed by atoms with Gasteiger partial charge in [-0.15, -0.1) is 0 Å². The van der Waals surface area contributed by atoms with Crippen molar-refractivity contribution in [3.8, 4) is 0 Å². The normalized spacial score (nSPS) is 10.9. The Morgan fingerprint density at radius 3 is 2.67 bits per heavy atom. The summed E-state index contributed by atoms with van der Waals surface area (Å²) in [6.07, 6.45) is 1.84. The Labute approximate surface area is 118 Å². The fourth-order valence-corrected chi connectivity index (χ4v) is 2.11. The maximum Gasteiger partial charge on any atom is 0.161 e. The molecule has 0 unspecified atom stereocenters. The standard InChI is InChI=1S/C12H17ClN4.ClH/c1-3-16(4-2)7-8-17-9-14-10-5-6-11(13)15-12(10)17;/h5-6,9H,3-4,7-8H2,1-2H3;1H. The van der Waals surface area contributed by atoms with E-state index in [1.165, 1.54) is 0 Å². The fraction of sp³-hybridized carbons (Fsp3) is 0.500. The van der Waals surface area contributed by atoms with Crippen LogP contribution in [0.5, 0.6) is 0 Å². The van der Waals surface area contributed by atoms with Crippen molar-refractivity contribution >= 4 is 22.8 Å². The maximum absolute atomic E-state index is 5.91. The van der Waals surface area contributed by atoms with Gasteiger partial charge in [-0.1, -0.05) is 11.6 Å². The van der Waals surface area contributed by atoms with Gasteiger partial charge in [-0.25, -0.2) is 9.97 Å². The highest BCUT2D eigenvalue weighted by atomic mass is 35.5. The van der Waals surface area contributed by atoms with E-state index in [4.69, 9.17) is 11.6 Å². The van der Waals surface area contributed by atoms with Gasteiger partial charge in [0, 0.05) is 0 Å². The number of quaternary nitrogens is 1. The molecule has 6 heteroatoms. The highest BCUT2D eigenvalue weighted by Crippen LogP contribution is 2.13. The van der Waals surface area contributed by atoms with Gasteiger partial charge in [0.05, 0.1) is 32.5 Å². The van der Waals surface area contributed by atoms with Crippen molar-refractivity contribution in [1.29, 1.82) is 0 Å². The molecule has 0 amide bonds. The average molecular weight is 289 g/mol. The quantitative estimate of drug-likeness (QED) is 0.647. The second-order valence-corrected chi connectivity index (χ2v) is 4.51. The van der Waals surface area contributed by atoms with Gasteiger partial charge in [0.2, 0.25) is 0 Å². The number of hydrogen-bond donors (Lipinski definition) is 1. The molecule has 0 aliphatic heterocycles. The van der Waals surface area contributed by atoms with Gasteiger partial charge in [-0.05, 0) is 26.0 Å². The molecule has 0 atom stereocenters. The van der Waals surface area contributed by atoms with Crippen LogP contribution in [0.4, 0.5) is 0 Å². The summed E-state index contributed by atoms with van der Waals surface area (Å²) in [4.78, 5) is 10.2. The lowest BCUT2D eigenvalue weighted by Crippen LogP contribution is -3.11.